The summed E-state index contributed by atoms with van der Waals surface area (Å²) in [5.41, 5.74) is 5.79. The van der Waals surface area contributed by atoms with Crippen molar-refractivity contribution in [2.45, 2.75) is 296 Å². The fourth-order valence-corrected chi connectivity index (χ4v) is 13.0. The highest BCUT2D eigenvalue weighted by Crippen LogP contribution is 2.34. The maximum atomic E-state index is 12.2. The van der Waals surface area contributed by atoms with Crippen LogP contribution in [0.2, 0.25) is 0 Å². The first kappa shape index (κ1) is 80.8. The van der Waals surface area contributed by atoms with Crippen molar-refractivity contribution in [1.29, 1.82) is 0 Å². The predicted molar refractivity (Wildman–Crippen MR) is 351 cm³/mol. The van der Waals surface area contributed by atoms with Gasteiger partial charge in [-0.15, -0.1) is 0 Å². The summed E-state index contributed by atoms with van der Waals surface area (Å²) < 4.78 is 9.79. The molecule has 0 aromatic carbocycles. The molecule has 3 amide bonds. The van der Waals surface area contributed by atoms with Crippen LogP contribution in [0.25, 0.3) is 4.85 Å². The fraction of sp³-hybridized carbons (Fsp3) is 0.819. The number of carbonyl (C=O) groups excluding carboxylic acids is 12. The SMILES string of the molecule is CC(=O)OC(C(=O)NC1CC1)[C@@H](C)C[C@@H]1CCCC1=O.COC(=O)[C@@H](C)C[C@@H]1CCCC1=O.C[C@@H](C[C@@H]1CCCC1=O)C(O)C(=O)NC1CC1.C[C@H](C=O)C[C@@H]1CCCC1=O.C[C@H](CO)C[C@@H]1CCCC1=O.N[C@@H](C[C@@H]1CCCC1=O)C(O)C(=O)NC1CC1.[C-]#[N+]C1CC1. The van der Waals surface area contributed by atoms with E-state index in [2.05, 4.69) is 25.5 Å². The Kier molecular flexibility index (Phi) is 36.2. The van der Waals surface area contributed by atoms with E-state index >= 15 is 0 Å². The molecular formula is C72H115N5O17. The number of amides is 3. The number of hydrogen-bond donors (Lipinski definition) is 7. The molecule has 0 aromatic rings. The van der Waals surface area contributed by atoms with Gasteiger partial charge in [0, 0.05) is 136 Å². The van der Waals surface area contributed by atoms with Crippen LogP contribution in [0.1, 0.15) is 247 Å². The van der Waals surface area contributed by atoms with E-state index in [-0.39, 0.29) is 113 Å². The third-order valence-corrected chi connectivity index (χ3v) is 19.6. The van der Waals surface area contributed by atoms with Crippen LogP contribution >= 0.6 is 0 Å². The molecule has 10 aliphatic carbocycles. The van der Waals surface area contributed by atoms with E-state index in [4.69, 9.17) is 22.1 Å². The smallest absolute Gasteiger partial charge is 0.308 e. The maximum Gasteiger partial charge on any atom is 0.308 e. The molecule has 10 rings (SSSR count). The molecule has 3 unspecified atom stereocenters. The summed E-state index contributed by atoms with van der Waals surface area (Å²) in [6.45, 7) is 17.3. The quantitative estimate of drug-likeness (QED) is 0.0259. The fourth-order valence-electron chi connectivity index (χ4n) is 13.0. The van der Waals surface area contributed by atoms with Crippen LogP contribution in [-0.4, -0.2) is 148 Å². The van der Waals surface area contributed by atoms with Gasteiger partial charge in [-0.05, 0) is 166 Å². The molecule has 0 heterocycles. The summed E-state index contributed by atoms with van der Waals surface area (Å²) >= 11 is 0. The second kappa shape index (κ2) is 42.1. The molecule has 0 radical (unpaired) electrons. The number of nitrogens with two attached hydrogens (primary N) is 1. The van der Waals surface area contributed by atoms with Crippen LogP contribution in [0, 0.1) is 71.7 Å². The molecule has 0 bridgehead atoms. The molecule has 10 fully saturated rings. The second-order valence-corrected chi connectivity index (χ2v) is 28.8. The van der Waals surface area contributed by atoms with E-state index in [1.165, 1.54) is 14.0 Å². The van der Waals surface area contributed by atoms with Crippen molar-refractivity contribution in [3.05, 3.63) is 11.4 Å². The van der Waals surface area contributed by atoms with E-state index in [0.717, 1.165) is 160 Å². The van der Waals surface area contributed by atoms with Gasteiger partial charge in [-0.2, -0.15) is 0 Å². The molecule has 94 heavy (non-hydrogen) atoms. The lowest BCUT2D eigenvalue weighted by Gasteiger charge is -2.24. The van der Waals surface area contributed by atoms with Gasteiger partial charge in [0.2, 0.25) is 11.9 Å². The van der Waals surface area contributed by atoms with E-state index in [1.54, 1.807) is 0 Å². The first-order valence-electron chi connectivity index (χ1n) is 35.5. The Hall–Kier alpha value is -5.63. The number of aliphatic hydroxyl groups is 3. The number of rotatable bonds is 25. The van der Waals surface area contributed by atoms with Gasteiger partial charge in [0.25, 0.3) is 11.8 Å². The zero-order valence-electron chi connectivity index (χ0n) is 57.5. The summed E-state index contributed by atoms with van der Waals surface area (Å²) in [6, 6.07) is 0.520. The lowest BCUT2D eigenvalue weighted by molar-refractivity contribution is -0.157. The Labute approximate surface area is 558 Å². The summed E-state index contributed by atoms with van der Waals surface area (Å²) in [7, 11) is 1.38. The summed E-state index contributed by atoms with van der Waals surface area (Å²) in [5, 5.41) is 36.8. The largest absolute Gasteiger partial charge is 0.469 e. The third-order valence-electron chi connectivity index (χ3n) is 19.6. The van der Waals surface area contributed by atoms with Gasteiger partial charge in [-0.25, -0.2) is 6.57 Å². The number of hydrogen-bond acceptors (Lipinski definition) is 18. The van der Waals surface area contributed by atoms with Crippen LogP contribution in [-0.2, 0) is 67.0 Å². The van der Waals surface area contributed by atoms with Gasteiger partial charge >= 0.3 is 11.9 Å². The molecular weight excluding hydrogens is 1210 g/mol. The average Bonchev–Trinajstić information content (AvgIpc) is 1.83. The molecule has 10 aliphatic rings. The first-order valence-corrected chi connectivity index (χ1v) is 35.5. The minimum Gasteiger partial charge on any atom is -0.469 e. The van der Waals surface area contributed by atoms with Gasteiger partial charge in [0.05, 0.1) is 13.0 Å². The average molecular weight is 1320 g/mol. The Morgan fingerprint density at radius 2 is 0.872 bits per heavy atom. The van der Waals surface area contributed by atoms with E-state index < -0.39 is 36.2 Å². The van der Waals surface area contributed by atoms with Crippen molar-refractivity contribution in [3.63, 3.8) is 0 Å². The molecule has 0 saturated heterocycles. The van der Waals surface area contributed by atoms with Gasteiger partial charge in [0.15, 0.2) is 6.10 Å². The number of esters is 2. The number of nitrogens with one attached hydrogen (secondary N) is 3. The van der Waals surface area contributed by atoms with Crippen LogP contribution in [0.3, 0.4) is 0 Å². The number of methoxy groups -OCH3 is 1. The first-order chi connectivity index (χ1) is 44.7. The van der Waals surface area contributed by atoms with E-state index in [1.807, 2.05) is 34.6 Å². The Morgan fingerprint density at radius 3 is 1.19 bits per heavy atom. The molecule has 0 spiro atoms. The number of aliphatic hydroxyl groups excluding tert-OH is 3. The zero-order chi connectivity index (χ0) is 69.6. The van der Waals surface area contributed by atoms with Crippen molar-refractivity contribution < 1.29 is 82.3 Å². The van der Waals surface area contributed by atoms with Crippen LogP contribution < -0.4 is 21.7 Å². The van der Waals surface area contributed by atoms with Crippen molar-refractivity contribution in [2.75, 3.05) is 13.7 Å². The minimum atomic E-state index is -1.19. The number of Topliss-reactive ketones (excluding diaryl/α,β-unsaturated/α-hetero) is 6. The van der Waals surface area contributed by atoms with E-state index in [9.17, 15) is 67.7 Å². The molecule has 15 atom stereocenters. The van der Waals surface area contributed by atoms with Gasteiger partial charge in [-0.3, -0.25) is 52.7 Å². The normalized spacial score (nSPS) is 26.3. The lowest BCUT2D eigenvalue weighted by Crippen LogP contribution is -2.48. The number of nitrogens with zero attached hydrogens (tertiary/aromatic N) is 1. The van der Waals surface area contributed by atoms with E-state index in [0.29, 0.717) is 86.5 Å². The van der Waals surface area contributed by atoms with Gasteiger partial charge in [0.1, 0.15) is 53.2 Å². The summed E-state index contributed by atoms with van der Waals surface area (Å²) in [6.07, 6.45) is 25.9. The molecule has 8 N–H and O–H groups in total. The Bertz CT molecular complexity index is 2480. The predicted octanol–water partition coefficient (Wildman–Crippen LogP) is 7.90. The third kappa shape index (κ3) is 31.1. The van der Waals surface area contributed by atoms with Crippen molar-refractivity contribution >= 4 is 70.6 Å². The Balaban J connectivity index is 0.000000239. The Morgan fingerprint density at radius 1 is 0.521 bits per heavy atom. The number of ketones is 6. The topological polar surface area (TPSA) is 350 Å². The molecule has 22 nitrogen and oxygen atoms in total. The monoisotopic (exact) mass is 1320 g/mol. The summed E-state index contributed by atoms with van der Waals surface area (Å²) in [5.74, 6) is 0.844. The minimum absolute atomic E-state index is 0.0248. The van der Waals surface area contributed by atoms with Gasteiger partial charge in [-0.1, -0.05) is 34.6 Å². The van der Waals surface area contributed by atoms with Crippen molar-refractivity contribution in [1.82, 2.24) is 16.0 Å². The van der Waals surface area contributed by atoms with Crippen molar-refractivity contribution in [3.8, 4) is 0 Å². The maximum absolute atomic E-state index is 12.2. The second-order valence-electron chi connectivity index (χ2n) is 28.8. The highest BCUT2D eigenvalue weighted by molar-refractivity contribution is 5.87. The zero-order valence-corrected chi connectivity index (χ0v) is 57.5. The molecule has 0 aliphatic heterocycles. The number of carbonyl (C=O) groups is 12. The molecule has 22 heteroatoms. The molecule has 10 saturated carbocycles. The number of aldehydes is 1. The van der Waals surface area contributed by atoms with Crippen LogP contribution in [0.15, 0.2) is 0 Å². The van der Waals surface area contributed by atoms with Crippen LogP contribution in [0.4, 0.5) is 0 Å². The standard InChI is InChI=1S/C15H23NO4.C13H21NO3.C12H20N2O3.C10H16O3.C9H16O2.C9H14O2.C4H5N/c1-9(8-11-4-3-5-13(11)18)14(20-10(2)17)15(19)16-12-6-7-12;1-8(7-9-3-2-4-11(9)15)12(16)13(17)14-10-5-6-10;13-9(6-7-2-1-3-10(7)15)11(16)12(17)14-8-4-5-8;1-7(10(12)13-2)6-8-4-3-5-9(8)11;2*1-7(6-10)5-8-3-2-4-9(8)11;1-5-4-2-3-4/h9,11-12,14H,3-8H2,1-2H3,(H,16,19);8-10,12,16H,2-7H2,1H3,(H,14,17);7-9,11,16H,1-6,13H2,(H,14,17);7-8H,3-6H2,1-2H3;7-8,10H,2-6H2,1H3;6-8H,2-5H2,1H3;4H,2-3H2/t9-,11-,14?;8-,9-,12?;7-,9-,11?;3*7-,8-;/m000000./s1. The molecule has 0 aromatic heterocycles. The van der Waals surface area contributed by atoms with Gasteiger partial charge < -0.3 is 56.1 Å². The summed E-state index contributed by atoms with van der Waals surface area (Å²) in [4.78, 5) is 139. The highest BCUT2D eigenvalue weighted by atomic mass is 16.5. The lowest BCUT2D eigenvalue weighted by atomic mass is 9.89. The molecule has 530 valence electrons. The van der Waals surface area contributed by atoms with Crippen LogP contribution in [0.5, 0.6) is 0 Å². The highest BCUT2D eigenvalue weighted by Gasteiger charge is 2.38. The number of ether oxygens (including phenoxy) is 2. The van der Waals surface area contributed by atoms with Crippen molar-refractivity contribution in [2.24, 2.45) is 70.8 Å².